The molecule has 0 aromatic heterocycles. The van der Waals surface area contributed by atoms with Gasteiger partial charge in [-0.2, -0.15) is 0 Å². The maximum absolute atomic E-state index is 14.2. The number of ketones is 2. The maximum Gasteiger partial charge on any atom is 0.302 e. The average Bonchev–Trinajstić information content (AvgIpc) is 2.93. The van der Waals surface area contributed by atoms with Crippen LogP contribution in [0.5, 0.6) is 0 Å². The molecule has 0 unspecified atom stereocenters. The molecular formula is C33H30O4. The number of rotatable bonds is 11. The Morgan fingerprint density at radius 1 is 0.622 bits per heavy atom. The number of benzene rings is 4. The van der Waals surface area contributed by atoms with Crippen molar-refractivity contribution < 1.29 is 19.1 Å². The molecule has 0 N–H and O–H groups in total. The van der Waals surface area contributed by atoms with Gasteiger partial charge in [0.1, 0.15) is 17.8 Å². The number of carbonyl (C=O) groups excluding carboxylic acids is 3. The second-order valence-electron chi connectivity index (χ2n) is 9.09. The Labute approximate surface area is 217 Å². The van der Waals surface area contributed by atoms with Gasteiger partial charge in [-0.3, -0.25) is 14.4 Å². The highest BCUT2D eigenvalue weighted by molar-refractivity contribution is 5.99. The van der Waals surface area contributed by atoms with Gasteiger partial charge in [-0.05, 0) is 27.8 Å². The Hall–Kier alpha value is -4.31. The predicted molar refractivity (Wildman–Crippen MR) is 144 cm³/mol. The van der Waals surface area contributed by atoms with Gasteiger partial charge < -0.3 is 4.74 Å². The van der Waals surface area contributed by atoms with Crippen molar-refractivity contribution in [1.29, 1.82) is 0 Å². The summed E-state index contributed by atoms with van der Waals surface area (Å²) >= 11 is 0. The molecule has 4 heteroatoms. The first-order chi connectivity index (χ1) is 18.0. The van der Waals surface area contributed by atoms with Crippen LogP contribution < -0.4 is 0 Å². The first kappa shape index (κ1) is 25.8. The smallest absolute Gasteiger partial charge is 0.302 e. The van der Waals surface area contributed by atoms with Crippen LogP contribution >= 0.6 is 0 Å². The fourth-order valence-corrected chi connectivity index (χ4v) is 4.82. The highest BCUT2D eigenvalue weighted by Crippen LogP contribution is 2.41. The highest BCUT2D eigenvalue weighted by Gasteiger charge is 2.42. The third-order valence-corrected chi connectivity index (χ3v) is 6.50. The molecule has 0 saturated heterocycles. The highest BCUT2D eigenvalue weighted by atomic mass is 16.5. The predicted octanol–water partition coefficient (Wildman–Crippen LogP) is 6.25. The molecule has 0 aliphatic rings. The monoisotopic (exact) mass is 490 g/mol. The van der Waals surface area contributed by atoms with Crippen molar-refractivity contribution in [2.45, 2.75) is 38.2 Å². The fourth-order valence-electron chi connectivity index (χ4n) is 4.82. The molecule has 0 radical (unpaired) electrons. The summed E-state index contributed by atoms with van der Waals surface area (Å²) in [5.74, 6) is -0.382. The average molecular weight is 491 g/mol. The molecule has 0 bridgehead atoms. The minimum atomic E-state index is -1.02. The molecule has 4 aromatic rings. The zero-order valence-electron chi connectivity index (χ0n) is 20.9. The summed E-state index contributed by atoms with van der Waals surface area (Å²) < 4.78 is 5.06. The van der Waals surface area contributed by atoms with E-state index in [2.05, 4.69) is 0 Å². The van der Waals surface area contributed by atoms with Crippen LogP contribution in [-0.4, -0.2) is 17.5 Å². The Morgan fingerprint density at radius 3 is 1.59 bits per heavy atom. The third-order valence-electron chi connectivity index (χ3n) is 6.50. The van der Waals surface area contributed by atoms with E-state index in [0.29, 0.717) is 0 Å². The summed E-state index contributed by atoms with van der Waals surface area (Å²) in [5.41, 5.74) is 3.28. The quantitative estimate of drug-likeness (QED) is 0.184. The lowest BCUT2D eigenvalue weighted by atomic mass is 9.65. The molecule has 4 nitrogen and oxygen atoms in total. The fraction of sp³-hybridized carbons (Fsp3) is 0.182. The second kappa shape index (κ2) is 12.1. The van der Waals surface area contributed by atoms with Crippen LogP contribution in [0.15, 0.2) is 115 Å². The van der Waals surface area contributed by atoms with Crippen LogP contribution in [0, 0.1) is 0 Å². The van der Waals surface area contributed by atoms with Gasteiger partial charge in [-0.25, -0.2) is 0 Å². The van der Waals surface area contributed by atoms with Gasteiger partial charge in [0.15, 0.2) is 5.78 Å². The van der Waals surface area contributed by atoms with Gasteiger partial charge in [0.2, 0.25) is 0 Å². The van der Waals surface area contributed by atoms with E-state index < -0.39 is 5.41 Å². The molecule has 0 aliphatic carbocycles. The van der Waals surface area contributed by atoms with Crippen molar-refractivity contribution in [3.8, 4) is 0 Å². The molecule has 0 heterocycles. The SMILES string of the molecule is CC(=O)OCc1cccc(CC(=O)CCC(=O)C(c2ccccc2)(c2ccccc2)c2ccccc2)c1. The van der Waals surface area contributed by atoms with Crippen LogP contribution in [0.3, 0.4) is 0 Å². The van der Waals surface area contributed by atoms with Gasteiger partial charge in [0.05, 0.1) is 0 Å². The summed E-state index contributed by atoms with van der Waals surface area (Å²) in [6.45, 7) is 1.54. The van der Waals surface area contributed by atoms with Crippen LogP contribution in [0.25, 0.3) is 0 Å². The number of hydrogen-bond acceptors (Lipinski definition) is 4. The lowest BCUT2D eigenvalue weighted by Gasteiger charge is -2.34. The summed E-state index contributed by atoms with van der Waals surface area (Å²) in [7, 11) is 0. The van der Waals surface area contributed by atoms with E-state index in [1.807, 2.05) is 115 Å². The molecule has 4 rings (SSSR count). The molecule has 0 spiro atoms. The van der Waals surface area contributed by atoms with Crippen LogP contribution in [0.1, 0.15) is 47.6 Å². The van der Waals surface area contributed by atoms with Crippen LogP contribution in [0.2, 0.25) is 0 Å². The molecule has 0 saturated carbocycles. The van der Waals surface area contributed by atoms with E-state index in [-0.39, 0.29) is 43.4 Å². The lowest BCUT2D eigenvalue weighted by Crippen LogP contribution is -2.38. The van der Waals surface area contributed by atoms with Crippen molar-refractivity contribution >= 4 is 17.5 Å². The summed E-state index contributed by atoms with van der Waals surface area (Å²) in [4.78, 5) is 38.3. The normalized spacial score (nSPS) is 11.1. The number of hydrogen-bond donors (Lipinski definition) is 0. The van der Waals surface area contributed by atoms with E-state index in [0.717, 1.165) is 27.8 Å². The van der Waals surface area contributed by atoms with Crippen molar-refractivity contribution in [3.05, 3.63) is 143 Å². The van der Waals surface area contributed by atoms with Crippen molar-refractivity contribution in [2.75, 3.05) is 0 Å². The van der Waals surface area contributed by atoms with Gasteiger partial charge >= 0.3 is 5.97 Å². The van der Waals surface area contributed by atoms with E-state index in [1.165, 1.54) is 6.92 Å². The van der Waals surface area contributed by atoms with Crippen LogP contribution in [0.4, 0.5) is 0 Å². The Balaban J connectivity index is 1.60. The minimum absolute atomic E-state index is 0.0129. The van der Waals surface area contributed by atoms with E-state index in [1.54, 1.807) is 0 Å². The molecule has 0 aliphatic heterocycles. The number of ether oxygens (including phenoxy) is 1. The number of Topliss-reactive ketones (excluding diaryl/α,β-unsaturated/α-hetero) is 2. The first-order valence-corrected chi connectivity index (χ1v) is 12.4. The second-order valence-corrected chi connectivity index (χ2v) is 9.09. The van der Waals surface area contributed by atoms with Gasteiger partial charge in [-0.1, -0.05) is 115 Å². The largest absolute Gasteiger partial charge is 0.461 e. The van der Waals surface area contributed by atoms with Crippen molar-refractivity contribution in [2.24, 2.45) is 0 Å². The Kier molecular flexibility index (Phi) is 8.42. The number of esters is 1. The third kappa shape index (κ3) is 6.10. The molecule has 0 amide bonds. The maximum atomic E-state index is 14.2. The lowest BCUT2D eigenvalue weighted by molar-refractivity contribution is -0.142. The zero-order valence-corrected chi connectivity index (χ0v) is 20.9. The molecule has 0 atom stereocenters. The Bertz CT molecular complexity index is 1250. The Morgan fingerprint density at radius 2 is 1.11 bits per heavy atom. The minimum Gasteiger partial charge on any atom is -0.461 e. The summed E-state index contributed by atoms with van der Waals surface area (Å²) in [5, 5.41) is 0. The topological polar surface area (TPSA) is 60.4 Å². The summed E-state index contributed by atoms with van der Waals surface area (Å²) in [6.07, 6.45) is 0.474. The molecule has 4 aromatic carbocycles. The van der Waals surface area contributed by atoms with Crippen molar-refractivity contribution in [1.82, 2.24) is 0 Å². The molecular weight excluding hydrogens is 460 g/mol. The van der Waals surface area contributed by atoms with Crippen molar-refractivity contribution in [3.63, 3.8) is 0 Å². The molecule has 0 fully saturated rings. The standard InChI is InChI=1S/C33H30O4/c1-25(34)37-24-27-13-11-12-26(22-27)23-31(35)20-21-32(36)33(28-14-5-2-6-15-28,29-16-7-3-8-17-29)30-18-9-4-10-19-30/h2-19,22H,20-21,23-24H2,1H3. The van der Waals surface area contributed by atoms with Gasteiger partial charge in [0.25, 0.3) is 0 Å². The number of carbonyl (C=O) groups is 3. The van der Waals surface area contributed by atoms with Gasteiger partial charge in [0, 0.05) is 26.2 Å². The first-order valence-electron chi connectivity index (χ1n) is 12.4. The van der Waals surface area contributed by atoms with E-state index >= 15 is 0 Å². The van der Waals surface area contributed by atoms with E-state index in [9.17, 15) is 14.4 Å². The zero-order chi connectivity index (χ0) is 26.1. The molecule has 186 valence electrons. The van der Waals surface area contributed by atoms with E-state index in [4.69, 9.17) is 4.74 Å². The van der Waals surface area contributed by atoms with Gasteiger partial charge in [-0.15, -0.1) is 0 Å². The van der Waals surface area contributed by atoms with Crippen LogP contribution in [-0.2, 0) is 37.6 Å². The summed E-state index contributed by atoms with van der Waals surface area (Å²) in [6, 6.07) is 36.8. The molecule has 37 heavy (non-hydrogen) atoms.